The van der Waals surface area contributed by atoms with Gasteiger partial charge < -0.3 is 27.5 Å². The summed E-state index contributed by atoms with van der Waals surface area (Å²) in [4.78, 5) is 0. The molecule has 4 atom stereocenters. The first-order valence-corrected chi connectivity index (χ1v) is 23.9. The van der Waals surface area contributed by atoms with Gasteiger partial charge in [0, 0.05) is 0 Å². The van der Waals surface area contributed by atoms with Crippen molar-refractivity contribution in [3.05, 3.63) is 0 Å². The zero-order chi connectivity index (χ0) is 22.2. The highest BCUT2D eigenvalue weighted by Crippen LogP contribution is 2.35. The first-order valence-electron chi connectivity index (χ1n) is 10.2. The largest absolute Gasteiger partial charge is 0.412 e. The average molecular weight is 469 g/mol. The lowest BCUT2D eigenvalue weighted by Crippen LogP contribution is -2.69. The molecule has 0 aromatic carbocycles. The molecule has 0 amide bonds. The van der Waals surface area contributed by atoms with Crippen molar-refractivity contribution in [3.63, 3.8) is 0 Å². The molecule has 1 rings (SSSR count). The van der Waals surface area contributed by atoms with Crippen LogP contribution < -0.4 is 0 Å². The lowest BCUT2D eigenvalue weighted by atomic mass is 9.97. The molecular weight excluding hydrogens is 425 g/mol. The van der Waals surface area contributed by atoms with Gasteiger partial charge in [0.1, 0.15) is 12.2 Å². The Hall–Kier alpha value is 0.628. The lowest BCUT2D eigenvalue weighted by Gasteiger charge is -2.51. The van der Waals surface area contributed by atoms with Gasteiger partial charge in [0.25, 0.3) is 0 Å². The second-order valence-corrected chi connectivity index (χ2v) is 29.6. The summed E-state index contributed by atoms with van der Waals surface area (Å²) in [6, 6.07) is 0. The van der Waals surface area contributed by atoms with Gasteiger partial charge in [-0.25, -0.2) is 0 Å². The van der Waals surface area contributed by atoms with Crippen molar-refractivity contribution in [1.29, 1.82) is 0 Å². The van der Waals surface area contributed by atoms with Crippen LogP contribution in [0.1, 0.15) is 0 Å². The highest BCUT2D eigenvalue weighted by molar-refractivity contribution is 6.71. The predicted octanol–water partition coefficient (Wildman–Crippen LogP) is 4.22. The summed E-state index contributed by atoms with van der Waals surface area (Å²) in [7, 11) is -7.62. The Labute approximate surface area is 176 Å². The van der Waals surface area contributed by atoms with E-state index in [1.807, 2.05) is 0 Å². The average Bonchev–Trinajstić information content (AvgIpc) is 2.40. The highest BCUT2D eigenvalue weighted by Gasteiger charge is 2.55. The topological polar surface area (TPSA) is 66.4 Å². The molecule has 1 saturated heterocycles. The zero-order valence-electron chi connectivity index (χ0n) is 20.1. The monoisotopic (exact) mass is 468 g/mol. The maximum atomic E-state index is 11.5. The fourth-order valence-electron chi connectivity index (χ4n) is 2.94. The molecule has 10 heteroatoms. The summed E-state index contributed by atoms with van der Waals surface area (Å²) in [5.74, 6) is -1.54. The van der Waals surface area contributed by atoms with Crippen molar-refractivity contribution in [2.24, 2.45) is 0 Å². The molecule has 1 aliphatic heterocycles. The van der Waals surface area contributed by atoms with E-state index in [4.69, 9.17) is 22.4 Å². The Bertz CT molecular complexity index is 506. The number of rotatable bonds is 9. The van der Waals surface area contributed by atoms with E-state index in [1.165, 1.54) is 0 Å². The summed E-state index contributed by atoms with van der Waals surface area (Å²) in [5.41, 5.74) is 0. The van der Waals surface area contributed by atoms with Crippen molar-refractivity contribution in [1.82, 2.24) is 0 Å². The van der Waals surface area contributed by atoms with Crippen LogP contribution in [0.3, 0.4) is 0 Å². The number of ether oxygens (including phenoxy) is 1. The van der Waals surface area contributed by atoms with Gasteiger partial charge in [-0.2, -0.15) is 0 Å². The highest BCUT2D eigenvalue weighted by atomic mass is 28.4. The smallest absolute Gasteiger partial charge is 0.216 e. The minimum atomic E-state index is -2.01. The van der Waals surface area contributed by atoms with Crippen molar-refractivity contribution in [3.8, 4) is 0 Å². The summed E-state index contributed by atoms with van der Waals surface area (Å²) >= 11 is 0. The summed E-state index contributed by atoms with van der Waals surface area (Å²) in [6.45, 7) is 25.9. The van der Waals surface area contributed by atoms with E-state index in [0.717, 1.165) is 0 Å². The maximum Gasteiger partial charge on any atom is 0.216 e. The van der Waals surface area contributed by atoms with Gasteiger partial charge in [0.05, 0.1) is 19.3 Å². The van der Waals surface area contributed by atoms with Crippen molar-refractivity contribution >= 4 is 33.3 Å². The van der Waals surface area contributed by atoms with Gasteiger partial charge in [-0.15, -0.1) is 0 Å². The van der Waals surface area contributed by atoms with Crippen molar-refractivity contribution < 1.29 is 27.5 Å². The van der Waals surface area contributed by atoms with Gasteiger partial charge in [0.2, 0.25) is 5.79 Å². The summed E-state index contributed by atoms with van der Waals surface area (Å²) in [5, 5.41) is 11.5. The van der Waals surface area contributed by atoms with Crippen LogP contribution in [0.2, 0.25) is 78.6 Å². The molecule has 0 spiro atoms. The van der Waals surface area contributed by atoms with E-state index < -0.39 is 45.2 Å². The standard InChI is InChI=1S/C18H44O6Si4/c1-25(2,3)21-14-18(19)17(24-28(10,11)12)16(23-27(7,8)9)15(13-20-18)22-26(4,5)6/h15-17,19H,13-14H2,1-12H3. The van der Waals surface area contributed by atoms with Gasteiger partial charge >= 0.3 is 0 Å². The maximum absolute atomic E-state index is 11.5. The van der Waals surface area contributed by atoms with Crippen LogP contribution in [0.5, 0.6) is 0 Å². The van der Waals surface area contributed by atoms with E-state index in [0.29, 0.717) is 0 Å². The van der Waals surface area contributed by atoms with Crippen LogP contribution in [0.4, 0.5) is 0 Å². The van der Waals surface area contributed by atoms with Gasteiger partial charge in [-0.05, 0) is 78.6 Å². The molecule has 168 valence electrons. The molecule has 0 bridgehead atoms. The fraction of sp³-hybridized carbons (Fsp3) is 1.00. The molecule has 1 fully saturated rings. The fourth-order valence-corrected chi connectivity index (χ4v) is 6.86. The molecule has 0 aliphatic carbocycles. The zero-order valence-corrected chi connectivity index (χ0v) is 24.1. The molecule has 0 radical (unpaired) electrons. The quantitative estimate of drug-likeness (QED) is 0.511. The van der Waals surface area contributed by atoms with E-state index in [9.17, 15) is 5.11 Å². The molecule has 1 heterocycles. The van der Waals surface area contributed by atoms with E-state index in [-0.39, 0.29) is 25.4 Å². The molecular formula is C18H44O6Si4. The van der Waals surface area contributed by atoms with Crippen molar-refractivity contribution in [2.45, 2.75) is 103 Å². The molecule has 28 heavy (non-hydrogen) atoms. The third kappa shape index (κ3) is 9.62. The Morgan fingerprint density at radius 1 is 0.750 bits per heavy atom. The number of hydrogen-bond acceptors (Lipinski definition) is 6. The van der Waals surface area contributed by atoms with Crippen molar-refractivity contribution in [2.75, 3.05) is 13.2 Å². The number of aliphatic hydroxyl groups is 1. The minimum Gasteiger partial charge on any atom is -0.412 e. The third-order valence-electron chi connectivity index (χ3n) is 3.79. The molecule has 1 aliphatic rings. The minimum absolute atomic E-state index is 0.0864. The SMILES string of the molecule is C[Si](C)(C)OCC1(O)OCC(O[Si](C)(C)C)C(O[Si](C)(C)C)C1O[Si](C)(C)C. The van der Waals surface area contributed by atoms with E-state index in [2.05, 4.69) is 78.6 Å². The molecule has 0 saturated carbocycles. The first-order chi connectivity index (χ1) is 12.2. The Morgan fingerprint density at radius 3 is 1.61 bits per heavy atom. The molecule has 6 nitrogen and oxygen atoms in total. The third-order valence-corrected chi connectivity index (χ3v) is 7.75. The van der Waals surface area contributed by atoms with Crippen LogP contribution in [0.15, 0.2) is 0 Å². The van der Waals surface area contributed by atoms with Gasteiger partial charge in [-0.3, -0.25) is 0 Å². The summed E-state index contributed by atoms with van der Waals surface area (Å²) in [6.07, 6.45) is -1.28. The van der Waals surface area contributed by atoms with Gasteiger partial charge in [0.15, 0.2) is 33.3 Å². The van der Waals surface area contributed by atoms with Crippen LogP contribution in [-0.2, 0) is 22.4 Å². The Morgan fingerprint density at radius 2 is 1.21 bits per heavy atom. The first kappa shape index (κ1) is 26.7. The van der Waals surface area contributed by atoms with Crippen LogP contribution in [0, 0.1) is 0 Å². The molecule has 0 aromatic heterocycles. The predicted molar refractivity (Wildman–Crippen MR) is 125 cm³/mol. The normalized spacial score (nSPS) is 30.5. The Kier molecular flexibility index (Phi) is 8.58. The van der Waals surface area contributed by atoms with Crippen LogP contribution >= 0.6 is 0 Å². The molecule has 0 aromatic rings. The summed E-state index contributed by atoms with van der Waals surface area (Å²) < 4.78 is 31.6. The molecule has 1 N–H and O–H groups in total. The molecule has 4 unspecified atom stereocenters. The number of hydrogen-bond donors (Lipinski definition) is 1. The lowest BCUT2D eigenvalue weighted by molar-refractivity contribution is -0.320. The Balaban J connectivity index is 3.29. The van der Waals surface area contributed by atoms with E-state index >= 15 is 0 Å². The van der Waals surface area contributed by atoms with Gasteiger partial charge in [-0.1, -0.05) is 0 Å². The second-order valence-electron chi connectivity index (χ2n) is 11.7. The second kappa shape index (κ2) is 9.01. The van der Waals surface area contributed by atoms with E-state index in [1.54, 1.807) is 0 Å². The van der Waals surface area contributed by atoms with Crippen LogP contribution in [-0.4, -0.2) is 75.7 Å². The van der Waals surface area contributed by atoms with Crippen LogP contribution in [0.25, 0.3) is 0 Å².